The Hall–Kier alpha value is -2.19. The first-order valence-corrected chi connectivity index (χ1v) is 8.07. The van der Waals surface area contributed by atoms with Gasteiger partial charge in [-0.05, 0) is 30.2 Å². The number of hydrogen-bond donors (Lipinski definition) is 1. The fourth-order valence-corrected chi connectivity index (χ4v) is 3.03. The highest BCUT2D eigenvalue weighted by Crippen LogP contribution is 2.33. The van der Waals surface area contributed by atoms with Crippen molar-refractivity contribution < 1.29 is 18.6 Å². The molecule has 0 fully saturated rings. The number of anilines is 1. The average molecular weight is 351 g/mol. The Kier molecular flexibility index (Phi) is 6.10. The molecule has 0 spiro atoms. The maximum absolute atomic E-state index is 13.0. The molecular weight excluding hydrogens is 333 g/mol. The molecule has 3 rings (SSSR count). The van der Waals surface area contributed by atoms with Crippen molar-refractivity contribution in [1.82, 2.24) is 8.96 Å². The van der Waals surface area contributed by atoms with Gasteiger partial charge in [-0.25, -0.2) is 8.96 Å². The van der Waals surface area contributed by atoms with Crippen LogP contribution in [0.15, 0.2) is 24.4 Å². The van der Waals surface area contributed by atoms with E-state index in [2.05, 4.69) is 4.98 Å². The molecule has 6 nitrogen and oxygen atoms in total. The third-order valence-corrected chi connectivity index (χ3v) is 4.15. The first-order chi connectivity index (χ1) is 11.7. The Morgan fingerprint density at radius 2 is 2.21 bits per heavy atom. The average Bonchev–Trinajstić information content (AvgIpc) is 3.25. The van der Waals surface area contributed by atoms with Crippen LogP contribution in [-0.2, 0) is 11.2 Å². The van der Waals surface area contributed by atoms with Crippen molar-refractivity contribution >= 4 is 30.2 Å². The van der Waals surface area contributed by atoms with Crippen LogP contribution < -0.4 is 4.90 Å². The number of carbonyl (C=O) groups excluding carboxylic acids is 2. The minimum atomic E-state index is -0.000447. The third-order valence-electron chi connectivity index (χ3n) is 3.73. The number of amides is 1. The standard InChI is InChI=1S/C15H14FN3O2S.CH4O/c1-2-14(21)18-6-5-10-7-11(3-4-13(10)18)15-17-12(9-20)8-19(15)22-16;1-2/h3-4,7-9H,2,5-6H2,1H3;2H,1H3. The van der Waals surface area contributed by atoms with Gasteiger partial charge in [0.2, 0.25) is 5.91 Å². The quantitative estimate of drug-likeness (QED) is 0.857. The predicted octanol–water partition coefficient (Wildman–Crippen LogP) is 2.65. The van der Waals surface area contributed by atoms with E-state index in [4.69, 9.17) is 5.11 Å². The van der Waals surface area contributed by atoms with E-state index < -0.39 is 0 Å². The zero-order chi connectivity index (χ0) is 17.7. The molecule has 0 bridgehead atoms. The van der Waals surface area contributed by atoms with E-state index in [0.717, 1.165) is 30.3 Å². The molecule has 0 saturated heterocycles. The summed E-state index contributed by atoms with van der Waals surface area (Å²) in [6.07, 6.45) is 3.17. The van der Waals surface area contributed by atoms with Crippen LogP contribution in [0.1, 0.15) is 29.4 Å². The first kappa shape index (κ1) is 18.2. The molecule has 1 N–H and O–H groups in total. The number of carbonyl (C=O) groups is 2. The smallest absolute Gasteiger partial charge is 0.226 e. The molecular formula is C16H18FN3O3S. The number of rotatable bonds is 4. The molecule has 1 aromatic heterocycles. The predicted molar refractivity (Wildman–Crippen MR) is 91.6 cm³/mol. The summed E-state index contributed by atoms with van der Waals surface area (Å²) in [6, 6.07) is 5.55. The fraction of sp³-hybridized carbons (Fsp3) is 0.312. The number of aliphatic hydroxyl groups excluding tert-OH is 1. The van der Waals surface area contributed by atoms with Crippen molar-refractivity contribution in [3.8, 4) is 11.4 Å². The molecule has 0 unspecified atom stereocenters. The highest BCUT2D eigenvalue weighted by molar-refractivity contribution is 7.92. The second kappa shape index (κ2) is 8.07. The zero-order valence-corrected chi connectivity index (χ0v) is 14.2. The summed E-state index contributed by atoms with van der Waals surface area (Å²) < 4.78 is 14.2. The SMILES string of the molecule is CCC(=O)N1CCc2cc(-c3nc(C=O)cn3SF)ccc21.CO. The minimum Gasteiger partial charge on any atom is -0.400 e. The van der Waals surface area contributed by atoms with Gasteiger partial charge in [-0.1, -0.05) is 6.92 Å². The van der Waals surface area contributed by atoms with Gasteiger partial charge in [0.25, 0.3) is 0 Å². The number of halogens is 1. The van der Waals surface area contributed by atoms with E-state index in [9.17, 15) is 13.5 Å². The largest absolute Gasteiger partial charge is 0.400 e. The summed E-state index contributed by atoms with van der Waals surface area (Å²) in [5, 5.41) is 7.00. The molecule has 2 aromatic rings. The van der Waals surface area contributed by atoms with Gasteiger partial charge in [-0.2, -0.15) is 0 Å². The van der Waals surface area contributed by atoms with Gasteiger partial charge < -0.3 is 10.0 Å². The summed E-state index contributed by atoms with van der Waals surface area (Å²) in [7, 11) is 1.00. The maximum Gasteiger partial charge on any atom is 0.226 e. The van der Waals surface area contributed by atoms with Crippen LogP contribution in [0.3, 0.4) is 0 Å². The molecule has 0 atom stereocenters. The molecule has 0 saturated carbocycles. The van der Waals surface area contributed by atoms with E-state index in [0.29, 0.717) is 25.1 Å². The Balaban J connectivity index is 0.00000100. The second-order valence-electron chi connectivity index (χ2n) is 4.99. The molecule has 1 aliphatic heterocycles. The molecule has 8 heteroatoms. The lowest BCUT2D eigenvalue weighted by Crippen LogP contribution is -2.27. The summed E-state index contributed by atoms with van der Waals surface area (Å²) in [5.41, 5.74) is 2.84. The van der Waals surface area contributed by atoms with Gasteiger partial charge in [0.15, 0.2) is 24.4 Å². The Bertz CT molecular complexity index is 748. The number of hydrogen-bond acceptors (Lipinski definition) is 5. The highest BCUT2D eigenvalue weighted by Gasteiger charge is 2.24. The van der Waals surface area contributed by atoms with Crippen molar-refractivity contribution in [2.24, 2.45) is 0 Å². The van der Waals surface area contributed by atoms with Gasteiger partial charge in [-0.15, -0.1) is 3.89 Å². The normalized spacial score (nSPS) is 12.4. The Labute approximate surface area is 143 Å². The van der Waals surface area contributed by atoms with Crippen molar-refractivity contribution in [2.75, 3.05) is 18.6 Å². The lowest BCUT2D eigenvalue weighted by atomic mass is 10.1. The summed E-state index contributed by atoms with van der Waals surface area (Å²) in [4.78, 5) is 28.6. The molecule has 2 heterocycles. The molecule has 1 aliphatic rings. The van der Waals surface area contributed by atoms with E-state index >= 15 is 0 Å². The maximum atomic E-state index is 13.0. The van der Waals surface area contributed by atoms with Gasteiger partial charge in [0.05, 0.1) is 0 Å². The van der Waals surface area contributed by atoms with Crippen molar-refractivity contribution in [2.45, 2.75) is 19.8 Å². The summed E-state index contributed by atoms with van der Waals surface area (Å²) in [5.74, 6) is 0.480. The third kappa shape index (κ3) is 3.34. The topological polar surface area (TPSA) is 75.4 Å². The lowest BCUT2D eigenvalue weighted by Gasteiger charge is -2.16. The molecule has 128 valence electrons. The van der Waals surface area contributed by atoms with Crippen LogP contribution in [0.5, 0.6) is 0 Å². The van der Waals surface area contributed by atoms with Gasteiger partial charge in [0.1, 0.15) is 5.69 Å². The minimum absolute atomic E-state index is 0.000447. The van der Waals surface area contributed by atoms with Crippen molar-refractivity contribution in [1.29, 1.82) is 0 Å². The summed E-state index contributed by atoms with van der Waals surface area (Å²) >= 11 is -0.000447. The van der Waals surface area contributed by atoms with Crippen LogP contribution in [0.4, 0.5) is 9.57 Å². The van der Waals surface area contributed by atoms with Crippen LogP contribution in [0.25, 0.3) is 11.4 Å². The van der Waals surface area contributed by atoms with E-state index in [1.54, 1.807) is 11.0 Å². The van der Waals surface area contributed by atoms with Crippen LogP contribution >= 0.6 is 12.3 Å². The molecule has 0 radical (unpaired) electrons. The monoisotopic (exact) mass is 351 g/mol. The highest BCUT2D eigenvalue weighted by atomic mass is 32.2. The van der Waals surface area contributed by atoms with Crippen LogP contribution in [0, 0.1) is 0 Å². The summed E-state index contributed by atoms with van der Waals surface area (Å²) in [6.45, 7) is 2.50. The Morgan fingerprint density at radius 1 is 1.46 bits per heavy atom. The van der Waals surface area contributed by atoms with Gasteiger partial charge in [0, 0.05) is 37.5 Å². The van der Waals surface area contributed by atoms with Crippen molar-refractivity contribution in [3.05, 3.63) is 35.7 Å². The first-order valence-electron chi connectivity index (χ1n) is 7.40. The fourth-order valence-electron chi connectivity index (χ4n) is 2.67. The van der Waals surface area contributed by atoms with Gasteiger partial charge in [-0.3, -0.25) is 9.59 Å². The number of nitrogens with zero attached hydrogens (tertiary/aromatic N) is 3. The van der Waals surface area contributed by atoms with Crippen molar-refractivity contribution in [3.63, 3.8) is 0 Å². The van der Waals surface area contributed by atoms with Crippen LogP contribution in [-0.4, -0.2) is 39.9 Å². The molecule has 1 amide bonds. The number of aliphatic hydroxyl groups is 1. The number of fused-ring (bicyclic) bond motifs is 1. The number of imidazole rings is 1. The van der Waals surface area contributed by atoms with Gasteiger partial charge >= 0.3 is 0 Å². The van der Waals surface area contributed by atoms with E-state index in [1.165, 1.54) is 10.2 Å². The number of benzene rings is 1. The van der Waals surface area contributed by atoms with Crippen LogP contribution in [0.2, 0.25) is 0 Å². The number of aromatic nitrogens is 2. The second-order valence-corrected chi connectivity index (χ2v) is 5.53. The zero-order valence-electron chi connectivity index (χ0n) is 13.4. The van der Waals surface area contributed by atoms with E-state index in [1.807, 2.05) is 19.1 Å². The Morgan fingerprint density at radius 3 is 2.83 bits per heavy atom. The molecule has 1 aromatic carbocycles. The lowest BCUT2D eigenvalue weighted by molar-refractivity contribution is -0.118. The molecule has 0 aliphatic carbocycles. The van der Waals surface area contributed by atoms with E-state index in [-0.39, 0.29) is 23.9 Å². The molecule has 24 heavy (non-hydrogen) atoms. The number of aldehydes is 1.